The van der Waals surface area contributed by atoms with Gasteiger partial charge >= 0.3 is 0 Å². The second-order valence-corrected chi connectivity index (χ2v) is 6.77. The molecule has 2 aromatic carbocycles. The first-order chi connectivity index (χ1) is 11.6. The third-order valence-corrected chi connectivity index (χ3v) is 4.68. The quantitative estimate of drug-likeness (QED) is 0.563. The van der Waals surface area contributed by atoms with E-state index in [0.29, 0.717) is 6.42 Å². The van der Waals surface area contributed by atoms with Crippen LogP contribution < -0.4 is 10.2 Å². The van der Waals surface area contributed by atoms with Crippen molar-refractivity contribution in [3.8, 4) is 0 Å². The number of benzene rings is 2. The summed E-state index contributed by atoms with van der Waals surface area (Å²) in [6.45, 7) is 3.74. The molecular formula is C20H24N2OS. The summed E-state index contributed by atoms with van der Waals surface area (Å²) in [6.07, 6.45) is 3.07. The van der Waals surface area contributed by atoms with Crippen LogP contribution in [0.4, 0.5) is 11.4 Å². The summed E-state index contributed by atoms with van der Waals surface area (Å²) >= 11 is 1.67. The van der Waals surface area contributed by atoms with E-state index in [2.05, 4.69) is 41.1 Å². The average molecular weight is 340 g/mol. The Bertz CT molecular complexity index is 680. The lowest BCUT2D eigenvalue weighted by atomic mass is 10.1. The molecule has 0 aliphatic carbocycles. The van der Waals surface area contributed by atoms with Crippen LogP contribution in [0.3, 0.4) is 0 Å². The highest BCUT2D eigenvalue weighted by Crippen LogP contribution is 2.27. The van der Waals surface area contributed by atoms with Crippen LogP contribution in [0, 0.1) is 0 Å². The number of para-hydroxylation sites is 1. The fourth-order valence-corrected chi connectivity index (χ4v) is 3.02. The lowest BCUT2D eigenvalue weighted by Gasteiger charge is -2.13. The number of amides is 1. The summed E-state index contributed by atoms with van der Waals surface area (Å²) in [5.74, 6) is 0.865. The van der Waals surface area contributed by atoms with E-state index in [0.717, 1.165) is 28.4 Å². The van der Waals surface area contributed by atoms with Crippen molar-refractivity contribution in [3.05, 3.63) is 66.7 Å². The first-order valence-electron chi connectivity index (χ1n) is 7.99. The maximum absolute atomic E-state index is 12.2. The second-order valence-electron chi connectivity index (χ2n) is 5.70. The molecule has 1 N–H and O–H groups in total. The highest BCUT2D eigenvalue weighted by molar-refractivity contribution is 7.99. The van der Waals surface area contributed by atoms with Crippen molar-refractivity contribution in [2.45, 2.75) is 17.7 Å². The van der Waals surface area contributed by atoms with Gasteiger partial charge in [0.15, 0.2) is 0 Å². The Hall–Kier alpha value is -2.20. The van der Waals surface area contributed by atoms with E-state index in [4.69, 9.17) is 0 Å². The van der Waals surface area contributed by atoms with E-state index in [9.17, 15) is 4.79 Å². The van der Waals surface area contributed by atoms with Gasteiger partial charge < -0.3 is 10.2 Å². The third-order valence-electron chi connectivity index (χ3n) is 3.61. The number of anilines is 2. The van der Waals surface area contributed by atoms with Crippen LogP contribution in [0.15, 0.2) is 66.1 Å². The summed E-state index contributed by atoms with van der Waals surface area (Å²) in [5.41, 5.74) is 3.21. The Morgan fingerprint density at radius 3 is 2.54 bits per heavy atom. The predicted octanol–water partition coefficient (Wildman–Crippen LogP) is 4.60. The number of rotatable bonds is 8. The fourth-order valence-electron chi connectivity index (χ4n) is 2.28. The van der Waals surface area contributed by atoms with Crippen molar-refractivity contribution in [2.75, 3.05) is 30.1 Å². The molecule has 0 radical (unpaired) electrons. The van der Waals surface area contributed by atoms with Crippen molar-refractivity contribution in [2.24, 2.45) is 0 Å². The van der Waals surface area contributed by atoms with Gasteiger partial charge in [0.1, 0.15) is 0 Å². The van der Waals surface area contributed by atoms with E-state index in [-0.39, 0.29) is 5.91 Å². The average Bonchev–Trinajstić information content (AvgIpc) is 2.59. The van der Waals surface area contributed by atoms with Gasteiger partial charge in [-0.25, -0.2) is 0 Å². The van der Waals surface area contributed by atoms with Gasteiger partial charge in [0, 0.05) is 36.9 Å². The first-order valence-corrected chi connectivity index (χ1v) is 8.97. The smallest absolute Gasteiger partial charge is 0.224 e. The summed E-state index contributed by atoms with van der Waals surface area (Å²) in [5, 5.41) is 3.02. The van der Waals surface area contributed by atoms with Crippen molar-refractivity contribution in [1.29, 1.82) is 0 Å². The molecule has 0 heterocycles. The highest BCUT2D eigenvalue weighted by Gasteiger charge is 2.07. The van der Waals surface area contributed by atoms with Crippen LogP contribution in [-0.2, 0) is 11.2 Å². The molecule has 4 heteroatoms. The van der Waals surface area contributed by atoms with E-state index in [1.165, 1.54) is 5.56 Å². The molecule has 126 valence electrons. The molecule has 0 aliphatic rings. The molecule has 0 unspecified atom stereocenters. The Kier molecular flexibility index (Phi) is 6.94. The van der Waals surface area contributed by atoms with Gasteiger partial charge in [0.2, 0.25) is 5.91 Å². The highest BCUT2D eigenvalue weighted by atomic mass is 32.2. The zero-order chi connectivity index (χ0) is 17.4. The monoisotopic (exact) mass is 340 g/mol. The molecule has 0 aromatic heterocycles. The summed E-state index contributed by atoms with van der Waals surface area (Å²) in [6, 6.07) is 16.2. The van der Waals surface area contributed by atoms with Gasteiger partial charge in [-0.2, -0.15) is 0 Å². The molecule has 24 heavy (non-hydrogen) atoms. The van der Waals surface area contributed by atoms with Crippen molar-refractivity contribution in [3.63, 3.8) is 0 Å². The van der Waals surface area contributed by atoms with Crippen molar-refractivity contribution < 1.29 is 4.79 Å². The molecule has 0 fully saturated rings. The largest absolute Gasteiger partial charge is 0.378 e. The zero-order valence-electron chi connectivity index (χ0n) is 14.3. The molecule has 0 saturated carbocycles. The molecule has 0 aliphatic heterocycles. The maximum atomic E-state index is 12.2. The molecule has 0 spiro atoms. The topological polar surface area (TPSA) is 32.3 Å². The molecular weight excluding hydrogens is 316 g/mol. The number of carbonyl (C=O) groups excluding carboxylic acids is 1. The maximum Gasteiger partial charge on any atom is 0.224 e. The van der Waals surface area contributed by atoms with Gasteiger partial charge in [-0.3, -0.25) is 4.79 Å². The summed E-state index contributed by atoms with van der Waals surface area (Å²) < 4.78 is 0. The van der Waals surface area contributed by atoms with Crippen LogP contribution in [0.1, 0.15) is 12.0 Å². The van der Waals surface area contributed by atoms with Gasteiger partial charge in [0.05, 0.1) is 5.69 Å². The standard InChI is InChI=1S/C20H24N2OS/c1-4-15-24-19-8-6-5-7-18(19)21-20(23)14-11-16-9-12-17(13-10-16)22(2)3/h4-10,12-13H,1,11,14-15H2,2-3H3,(H,21,23). The van der Waals surface area contributed by atoms with Crippen LogP contribution in [0.5, 0.6) is 0 Å². The number of hydrogen-bond donors (Lipinski definition) is 1. The second kappa shape index (κ2) is 9.18. The predicted molar refractivity (Wildman–Crippen MR) is 105 cm³/mol. The Labute approximate surface area is 148 Å². The summed E-state index contributed by atoms with van der Waals surface area (Å²) in [7, 11) is 4.04. The zero-order valence-corrected chi connectivity index (χ0v) is 15.1. The van der Waals surface area contributed by atoms with E-state index >= 15 is 0 Å². The Morgan fingerprint density at radius 2 is 1.88 bits per heavy atom. The van der Waals surface area contributed by atoms with Gasteiger partial charge in [-0.15, -0.1) is 18.3 Å². The third kappa shape index (κ3) is 5.46. The van der Waals surface area contributed by atoms with Crippen molar-refractivity contribution in [1.82, 2.24) is 0 Å². The normalized spacial score (nSPS) is 10.2. The van der Waals surface area contributed by atoms with Crippen LogP contribution in [0.2, 0.25) is 0 Å². The fraction of sp³-hybridized carbons (Fsp3) is 0.250. The minimum atomic E-state index is 0.0401. The van der Waals surface area contributed by atoms with E-state index in [1.807, 2.05) is 44.4 Å². The molecule has 1 amide bonds. The number of thioether (sulfide) groups is 1. The molecule has 0 atom stereocenters. The van der Waals surface area contributed by atoms with Gasteiger partial charge in [-0.1, -0.05) is 30.3 Å². The van der Waals surface area contributed by atoms with E-state index < -0.39 is 0 Å². The summed E-state index contributed by atoms with van der Waals surface area (Å²) in [4.78, 5) is 15.4. The Morgan fingerprint density at radius 1 is 1.17 bits per heavy atom. The Balaban J connectivity index is 1.90. The van der Waals surface area contributed by atoms with E-state index in [1.54, 1.807) is 11.8 Å². The lowest BCUT2D eigenvalue weighted by molar-refractivity contribution is -0.116. The molecule has 3 nitrogen and oxygen atoms in total. The minimum absolute atomic E-state index is 0.0401. The van der Waals surface area contributed by atoms with Crippen LogP contribution in [0.25, 0.3) is 0 Å². The number of nitrogens with one attached hydrogen (secondary N) is 1. The number of carbonyl (C=O) groups is 1. The lowest BCUT2D eigenvalue weighted by Crippen LogP contribution is -2.13. The number of nitrogens with zero attached hydrogens (tertiary/aromatic N) is 1. The molecule has 2 rings (SSSR count). The van der Waals surface area contributed by atoms with Gasteiger partial charge in [0.25, 0.3) is 0 Å². The number of aryl methyl sites for hydroxylation is 1. The SMILES string of the molecule is C=CCSc1ccccc1NC(=O)CCc1ccc(N(C)C)cc1. The van der Waals surface area contributed by atoms with Crippen molar-refractivity contribution >= 4 is 29.0 Å². The first kappa shape index (κ1) is 18.1. The molecule has 2 aromatic rings. The minimum Gasteiger partial charge on any atom is -0.378 e. The van der Waals surface area contributed by atoms with Crippen LogP contribution in [-0.4, -0.2) is 25.8 Å². The molecule has 0 bridgehead atoms. The number of hydrogen-bond acceptors (Lipinski definition) is 3. The molecule has 0 saturated heterocycles. The van der Waals surface area contributed by atoms with Gasteiger partial charge in [-0.05, 0) is 36.2 Å². The van der Waals surface area contributed by atoms with Crippen LogP contribution >= 0.6 is 11.8 Å².